The standard InChI is InChI=1S/C26H31N3O5S/c1-3-34-25-10-8-20(13-27-25)35(32,33)28-15-22(18-5-4-6-18)24(16-28)29-14-19(12-26(30)31)21-9-7-17(2)11-23(21)29/h7-11,13-14,18,22,24H,3-6,12,15-16H2,1-2H3,(H,30,31)/t22?,24-/m0/s1. The maximum Gasteiger partial charge on any atom is 0.307 e. The van der Waals surface area contributed by atoms with E-state index in [-0.39, 0.29) is 23.3 Å². The maximum atomic E-state index is 13.6. The van der Waals surface area contributed by atoms with Gasteiger partial charge in [-0.3, -0.25) is 4.79 Å². The minimum absolute atomic E-state index is 0.0578. The van der Waals surface area contributed by atoms with Gasteiger partial charge in [0.15, 0.2) is 0 Å². The number of nitrogens with zero attached hydrogens (tertiary/aromatic N) is 3. The summed E-state index contributed by atoms with van der Waals surface area (Å²) >= 11 is 0. The van der Waals surface area contributed by atoms with E-state index in [9.17, 15) is 18.3 Å². The second-order valence-electron chi connectivity index (χ2n) is 9.66. The van der Waals surface area contributed by atoms with Gasteiger partial charge >= 0.3 is 5.97 Å². The molecule has 3 heterocycles. The molecule has 2 atom stereocenters. The maximum absolute atomic E-state index is 13.6. The topological polar surface area (TPSA) is 102 Å². The second kappa shape index (κ2) is 9.28. The zero-order valence-electron chi connectivity index (χ0n) is 20.1. The van der Waals surface area contributed by atoms with Crippen molar-refractivity contribution in [2.75, 3.05) is 19.7 Å². The molecule has 2 aliphatic rings. The number of aliphatic carboxylic acids is 1. The molecule has 0 spiro atoms. The van der Waals surface area contributed by atoms with Crippen molar-refractivity contribution in [2.24, 2.45) is 11.8 Å². The molecule has 1 aliphatic carbocycles. The van der Waals surface area contributed by atoms with E-state index in [1.807, 2.05) is 32.2 Å². The summed E-state index contributed by atoms with van der Waals surface area (Å²) in [5.41, 5.74) is 2.82. The molecule has 1 unspecified atom stereocenters. The molecule has 1 aromatic carbocycles. The van der Waals surface area contributed by atoms with Crippen LogP contribution in [0, 0.1) is 18.8 Å². The van der Waals surface area contributed by atoms with Gasteiger partial charge in [-0.05, 0) is 48.9 Å². The van der Waals surface area contributed by atoms with Crippen molar-refractivity contribution in [1.29, 1.82) is 0 Å². The van der Waals surface area contributed by atoms with Crippen LogP contribution in [-0.4, -0.2) is 53.0 Å². The smallest absolute Gasteiger partial charge is 0.307 e. The van der Waals surface area contributed by atoms with Crippen LogP contribution in [0.15, 0.2) is 47.6 Å². The number of benzene rings is 1. The highest BCUT2D eigenvalue weighted by Gasteiger charge is 2.45. The molecule has 1 N–H and O–H groups in total. The Balaban J connectivity index is 1.52. The van der Waals surface area contributed by atoms with E-state index in [0.29, 0.717) is 31.5 Å². The number of fused-ring (bicyclic) bond motifs is 1. The molecule has 186 valence electrons. The Morgan fingerprint density at radius 3 is 2.63 bits per heavy atom. The van der Waals surface area contributed by atoms with Crippen molar-refractivity contribution >= 4 is 26.9 Å². The number of pyridine rings is 1. The van der Waals surface area contributed by atoms with Crippen LogP contribution in [0.5, 0.6) is 5.88 Å². The van der Waals surface area contributed by atoms with Crippen LogP contribution in [0.4, 0.5) is 0 Å². The summed E-state index contributed by atoms with van der Waals surface area (Å²) in [4.78, 5) is 15.8. The van der Waals surface area contributed by atoms with Crippen molar-refractivity contribution in [3.05, 3.63) is 53.9 Å². The van der Waals surface area contributed by atoms with Gasteiger partial charge in [0.2, 0.25) is 15.9 Å². The average molecular weight is 498 g/mol. The average Bonchev–Trinajstić information content (AvgIpc) is 3.35. The summed E-state index contributed by atoms with van der Waals surface area (Å²) in [6.07, 6.45) is 6.60. The predicted octanol–water partition coefficient (Wildman–Crippen LogP) is 4.03. The lowest BCUT2D eigenvalue weighted by atomic mass is 9.74. The largest absolute Gasteiger partial charge is 0.481 e. The summed E-state index contributed by atoms with van der Waals surface area (Å²) in [6.45, 7) is 5.13. The molecule has 2 aromatic heterocycles. The highest BCUT2D eigenvalue weighted by molar-refractivity contribution is 7.89. The number of rotatable bonds is 8. The van der Waals surface area contributed by atoms with Crippen LogP contribution >= 0.6 is 0 Å². The molecule has 1 aliphatic heterocycles. The first-order valence-electron chi connectivity index (χ1n) is 12.2. The summed E-state index contributed by atoms with van der Waals surface area (Å²) in [7, 11) is -3.73. The minimum Gasteiger partial charge on any atom is -0.481 e. The van der Waals surface area contributed by atoms with Gasteiger partial charge in [0.25, 0.3) is 0 Å². The predicted molar refractivity (Wildman–Crippen MR) is 132 cm³/mol. The van der Waals surface area contributed by atoms with Crippen LogP contribution in [-0.2, 0) is 21.2 Å². The summed E-state index contributed by atoms with van der Waals surface area (Å²) in [5.74, 6) is 0.156. The van der Waals surface area contributed by atoms with E-state index in [2.05, 4.69) is 15.6 Å². The summed E-state index contributed by atoms with van der Waals surface area (Å²) in [5, 5.41) is 10.4. The first-order chi connectivity index (χ1) is 16.8. The van der Waals surface area contributed by atoms with Gasteiger partial charge in [0, 0.05) is 36.3 Å². The molecule has 3 aromatic rings. The Kier molecular flexibility index (Phi) is 6.31. The fourth-order valence-electron chi connectivity index (χ4n) is 5.51. The number of sulfonamides is 1. The number of aryl methyl sites for hydroxylation is 1. The molecule has 2 fully saturated rings. The first kappa shape index (κ1) is 23.8. The second-order valence-corrected chi connectivity index (χ2v) is 11.6. The van der Waals surface area contributed by atoms with E-state index in [4.69, 9.17) is 4.74 Å². The molecule has 0 radical (unpaired) electrons. The molecule has 8 nitrogen and oxygen atoms in total. The lowest BCUT2D eigenvalue weighted by Gasteiger charge is -2.35. The summed E-state index contributed by atoms with van der Waals surface area (Å²) in [6, 6.07) is 9.13. The van der Waals surface area contributed by atoms with E-state index in [0.717, 1.165) is 34.9 Å². The third-order valence-corrected chi connectivity index (χ3v) is 9.28. The van der Waals surface area contributed by atoms with Gasteiger partial charge in [-0.1, -0.05) is 31.4 Å². The van der Waals surface area contributed by atoms with Crippen LogP contribution < -0.4 is 4.74 Å². The number of hydrogen-bond acceptors (Lipinski definition) is 5. The van der Waals surface area contributed by atoms with E-state index >= 15 is 0 Å². The quantitative estimate of drug-likeness (QED) is 0.504. The van der Waals surface area contributed by atoms with Crippen LogP contribution in [0.2, 0.25) is 0 Å². The number of aromatic nitrogens is 2. The van der Waals surface area contributed by atoms with E-state index in [1.165, 1.54) is 12.6 Å². The van der Waals surface area contributed by atoms with Gasteiger partial charge in [-0.25, -0.2) is 13.4 Å². The molecule has 0 bridgehead atoms. The monoisotopic (exact) mass is 497 g/mol. The number of hydrogen-bond donors (Lipinski definition) is 1. The van der Waals surface area contributed by atoms with Crippen molar-refractivity contribution in [1.82, 2.24) is 13.9 Å². The van der Waals surface area contributed by atoms with E-state index in [1.54, 1.807) is 16.4 Å². The molecular formula is C26H31N3O5S. The minimum atomic E-state index is -3.73. The zero-order chi connectivity index (χ0) is 24.7. The third-order valence-electron chi connectivity index (χ3n) is 7.47. The Hall–Kier alpha value is -2.91. The molecule has 5 rings (SSSR count). The highest BCUT2D eigenvalue weighted by atomic mass is 32.2. The lowest BCUT2D eigenvalue weighted by Crippen LogP contribution is -2.31. The van der Waals surface area contributed by atoms with E-state index < -0.39 is 16.0 Å². The third kappa shape index (κ3) is 4.43. The molecule has 9 heteroatoms. The molecule has 0 amide bonds. The van der Waals surface area contributed by atoms with Gasteiger partial charge in [-0.2, -0.15) is 4.31 Å². The molecule has 1 saturated heterocycles. The van der Waals surface area contributed by atoms with Gasteiger partial charge < -0.3 is 14.4 Å². The fourth-order valence-corrected chi connectivity index (χ4v) is 6.95. The SMILES string of the molecule is CCOc1ccc(S(=O)(=O)N2CC(C3CCC3)[C@@H](n3cc(CC(=O)O)c4ccc(C)cc43)C2)cn1. The lowest BCUT2D eigenvalue weighted by molar-refractivity contribution is -0.136. The van der Waals surface area contributed by atoms with Crippen molar-refractivity contribution in [2.45, 2.75) is 50.5 Å². The Labute approximate surface area is 205 Å². The number of carboxylic acid groups (broad SMARTS) is 1. The number of ether oxygens (including phenoxy) is 1. The number of carboxylic acids is 1. The van der Waals surface area contributed by atoms with Crippen LogP contribution in [0.25, 0.3) is 10.9 Å². The zero-order valence-corrected chi connectivity index (χ0v) is 20.9. The van der Waals surface area contributed by atoms with Crippen LogP contribution in [0.1, 0.15) is 43.4 Å². The molecule has 35 heavy (non-hydrogen) atoms. The molecular weight excluding hydrogens is 466 g/mol. The van der Waals surface area contributed by atoms with Gasteiger partial charge in [-0.15, -0.1) is 0 Å². The van der Waals surface area contributed by atoms with Gasteiger partial charge in [0.1, 0.15) is 4.90 Å². The normalized spacial score (nSPS) is 21.3. The Morgan fingerprint density at radius 2 is 2.00 bits per heavy atom. The van der Waals surface area contributed by atoms with Crippen LogP contribution in [0.3, 0.4) is 0 Å². The first-order valence-corrected chi connectivity index (χ1v) is 13.6. The summed E-state index contributed by atoms with van der Waals surface area (Å²) < 4.78 is 36.3. The van der Waals surface area contributed by atoms with Crippen molar-refractivity contribution in [3.8, 4) is 5.88 Å². The Morgan fingerprint density at radius 1 is 1.20 bits per heavy atom. The highest BCUT2D eigenvalue weighted by Crippen LogP contribution is 2.45. The fraction of sp³-hybridized carbons (Fsp3) is 0.462. The van der Waals surface area contributed by atoms with Crippen molar-refractivity contribution < 1.29 is 23.1 Å². The van der Waals surface area contributed by atoms with Crippen molar-refractivity contribution in [3.63, 3.8) is 0 Å². The van der Waals surface area contributed by atoms with Gasteiger partial charge in [0.05, 0.1) is 25.3 Å². The Bertz CT molecular complexity index is 1350. The number of carbonyl (C=O) groups is 1. The molecule has 1 saturated carbocycles.